The van der Waals surface area contributed by atoms with E-state index in [1.807, 2.05) is 44.2 Å². The van der Waals surface area contributed by atoms with Gasteiger partial charge in [-0.25, -0.2) is 4.79 Å². The minimum absolute atomic E-state index is 0.0548. The zero-order valence-corrected chi connectivity index (χ0v) is 18.1. The third-order valence-electron chi connectivity index (χ3n) is 5.47. The number of amides is 2. The number of nitrogens with zero attached hydrogens (tertiary/aromatic N) is 1. The van der Waals surface area contributed by atoms with Crippen LogP contribution in [0.2, 0.25) is 0 Å². The molecule has 0 unspecified atom stereocenters. The molecule has 7 heteroatoms. The van der Waals surface area contributed by atoms with Gasteiger partial charge in [0.25, 0.3) is 0 Å². The summed E-state index contributed by atoms with van der Waals surface area (Å²) in [4.78, 5) is 27.0. The molecule has 0 aromatic heterocycles. The zero-order valence-electron chi connectivity index (χ0n) is 18.1. The highest BCUT2D eigenvalue weighted by Gasteiger charge is 2.34. The van der Waals surface area contributed by atoms with E-state index in [0.717, 1.165) is 27.9 Å². The lowest BCUT2D eigenvalue weighted by Gasteiger charge is -2.37. The van der Waals surface area contributed by atoms with Gasteiger partial charge in [-0.05, 0) is 55.2 Å². The number of hydrogen-bond donors (Lipinski definition) is 1. The fraction of sp³-hybridized carbons (Fsp3) is 0.391. The Balaban J connectivity index is 1.95. The molecule has 0 aliphatic carbocycles. The SMILES string of the molecule is COC(=O)C[C@@H]1c2cc(OC)c(OC)cc2CCN1C(=O)Nc1ccc(C)cc1C. The predicted molar refractivity (Wildman–Crippen MR) is 114 cm³/mol. The molecule has 160 valence electrons. The van der Waals surface area contributed by atoms with E-state index in [1.54, 1.807) is 19.1 Å². The lowest BCUT2D eigenvalue weighted by molar-refractivity contribution is -0.141. The smallest absolute Gasteiger partial charge is 0.322 e. The van der Waals surface area contributed by atoms with Gasteiger partial charge in [0.1, 0.15) is 0 Å². The first-order chi connectivity index (χ1) is 14.4. The molecule has 0 saturated carbocycles. The summed E-state index contributed by atoms with van der Waals surface area (Å²) in [7, 11) is 4.50. The Morgan fingerprint density at radius 1 is 1.07 bits per heavy atom. The summed E-state index contributed by atoms with van der Waals surface area (Å²) in [5.41, 5.74) is 4.75. The van der Waals surface area contributed by atoms with Crippen molar-refractivity contribution in [2.45, 2.75) is 32.7 Å². The van der Waals surface area contributed by atoms with Gasteiger partial charge >= 0.3 is 12.0 Å². The van der Waals surface area contributed by atoms with E-state index >= 15 is 0 Å². The number of methoxy groups -OCH3 is 3. The van der Waals surface area contributed by atoms with E-state index in [9.17, 15) is 9.59 Å². The minimum Gasteiger partial charge on any atom is -0.493 e. The second-order valence-electron chi connectivity index (χ2n) is 7.39. The van der Waals surface area contributed by atoms with Gasteiger partial charge in [0, 0.05) is 12.2 Å². The van der Waals surface area contributed by atoms with E-state index in [1.165, 1.54) is 7.11 Å². The van der Waals surface area contributed by atoms with Crippen LogP contribution in [-0.4, -0.2) is 44.8 Å². The highest BCUT2D eigenvalue weighted by Crippen LogP contribution is 2.39. The van der Waals surface area contributed by atoms with Crippen molar-refractivity contribution in [1.82, 2.24) is 4.90 Å². The van der Waals surface area contributed by atoms with Gasteiger partial charge in [-0.1, -0.05) is 17.7 Å². The number of benzene rings is 2. The summed E-state index contributed by atoms with van der Waals surface area (Å²) in [6.45, 7) is 4.44. The third-order valence-corrected chi connectivity index (χ3v) is 5.47. The fourth-order valence-electron chi connectivity index (χ4n) is 3.87. The molecule has 1 N–H and O–H groups in total. The van der Waals surface area contributed by atoms with E-state index < -0.39 is 6.04 Å². The molecular formula is C23H28N2O5. The Bertz CT molecular complexity index is 957. The molecule has 0 fully saturated rings. The molecule has 7 nitrogen and oxygen atoms in total. The topological polar surface area (TPSA) is 77.1 Å². The van der Waals surface area contributed by atoms with Crippen molar-refractivity contribution in [2.75, 3.05) is 33.2 Å². The van der Waals surface area contributed by atoms with Crippen LogP contribution in [0.25, 0.3) is 0 Å². The minimum atomic E-state index is -0.466. The molecule has 1 heterocycles. The van der Waals surface area contributed by atoms with Crippen LogP contribution in [0, 0.1) is 13.8 Å². The van der Waals surface area contributed by atoms with Gasteiger partial charge in [-0.15, -0.1) is 0 Å². The quantitative estimate of drug-likeness (QED) is 0.751. The molecule has 2 amide bonds. The van der Waals surface area contributed by atoms with Crippen molar-refractivity contribution < 1.29 is 23.8 Å². The van der Waals surface area contributed by atoms with Crippen molar-refractivity contribution in [3.05, 3.63) is 52.6 Å². The average Bonchev–Trinajstić information content (AvgIpc) is 2.74. The highest BCUT2D eigenvalue weighted by atomic mass is 16.5. The van der Waals surface area contributed by atoms with E-state index in [4.69, 9.17) is 14.2 Å². The molecule has 0 radical (unpaired) electrons. The molecule has 2 aromatic rings. The van der Waals surface area contributed by atoms with Gasteiger partial charge in [0.15, 0.2) is 11.5 Å². The summed E-state index contributed by atoms with van der Waals surface area (Å²) in [5, 5.41) is 2.99. The number of ether oxygens (including phenoxy) is 3. The van der Waals surface area contributed by atoms with Crippen molar-refractivity contribution in [1.29, 1.82) is 0 Å². The van der Waals surface area contributed by atoms with E-state index in [0.29, 0.717) is 24.5 Å². The van der Waals surface area contributed by atoms with Crippen molar-refractivity contribution in [3.63, 3.8) is 0 Å². The van der Waals surface area contributed by atoms with Gasteiger partial charge in [0.05, 0.1) is 33.8 Å². The van der Waals surface area contributed by atoms with Crippen LogP contribution in [0.15, 0.2) is 30.3 Å². The number of nitrogens with one attached hydrogen (secondary N) is 1. The summed E-state index contributed by atoms with van der Waals surface area (Å²) in [6.07, 6.45) is 0.701. The second-order valence-corrected chi connectivity index (χ2v) is 7.39. The normalized spacial score (nSPS) is 15.2. The maximum absolute atomic E-state index is 13.2. The molecule has 3 rings (SSSR count). The summed E-state index contributed by atoms with van der Waals surface area (Å²) in [5.74, 6) is 0.802. The molecule has 0 bridgehead atoms. The zero-order chi connectivity index (χ0) is 21.8. The van der Waals surface area contributed by atoms with Gasteiger partial charge in [-0.2, -0.15) is 0 Å². The van der Waals surface area contributed by atoms with E-state index in [2.05, 4.69) is 5.32 Å². The third kappa shape index (κ3) is 4.35. The highest BCUT2D eigenvalue weighted by molar-refractivity contribution is 5.91. The number of rotatable bonds is 5. The summed E-state index contributed by atoms with van der Waals surface area (Å²) < 4.78 is 15.7. The summed E-state index contributed by atoms with van der Waals surface area (Å²) in [6, 6.07) is 8.91. The monoisotopic (exact) mass is 412 g/mol. The molecule has 30 heavy (non-hydrogen) atoms. The lowest BCUT2D eigenvalue weighted by Crippen LogP contribution is -2.43. The number of anilines is 1. The second kappa shape index (κ2) is 9.07. The van der Waals surface area contributed by atoms with Crippen LogP contribution in [0.5, 0.6) is 11.5 Å². The van der Waals surface area contributed by atoms with Gasteiger partial charge in [0.2, 0.25) is 0 Å². The van der Waals surface area contributed by atoms with Crippen LogP contribution in [0.3, 0.4) is 0 Å². The fourth-order valence-corrected chi connectivity index (χ4v) is 3.87. The number of fused-ring (bicyclic) bond motifs is 1. The average molecular weight is 412 g/mol. The Labute approximate surface area is 176 Å². The van der Waals surface area contributed by atoms with Crippen molar-refractivity contribution in [2.24, 2.45) is 0 Å². The Kier molecular flexibility index (Phi) is 6.50. The molecule has 0 spiro atoms. The van der Waals surface area contributed by atoms with E-state index in [-0.39, 0.29) is 18.4 Å². The van der Waals surface area contributed by atoms with Gasteiger partial charge < -0.3 is 24.4 Å². The lowest BCUT2D eigenvalue weighted by atomic mass is 9.90. The summed E-state index contributed by atoms with van der Waals surface area (Å²) >= 11 is 0. The molecule has 1 aliphatic rings. The van der Waals surface area contributed by atoms with Crippen LogP contribution < -0.4 is 14.8 Å². The van der Waals surface area contributed by atoms with Crippen LogP contribution in [-0.2, 0) is 16.0 Å². The van der Waals surface area contributed by atoms with Crippen molar-refractivity contribution >= 4 is 17.7 Å². The largest absolute Gasteiger partial charge is 0.493 e. The number of urea groups is 1. The van der Waals surface area contributed by atoms with Crippen LogP contribution >= 0.6 is 0 Å². The number of esters is 1. The number of aryl methyl sites for hydroxylation is 2. The Hall–Kier alpha value is -3.22. The molecule has 1 aliphatic heterocycles. The Morgan fingerprint density at radius 2 is 1.77 bits per heavy atom. The first-order valence-electron chi connectivity index (χ1n) is 9.84. The molecule has 1 atom stereocenters. The number of carbonyl (C=O) groups is 2. The standard InChI is InChI=1S/C23H28N2O5/c1-14-6-7-18(15(2)10-14)24-23(27)25-9-8-16-11-20(28-3)21(29-4)12-17(16)19(25)13-22(26)30-5/h6-7,10-12,19H,8-9,13H2,1-5H3,(H,24,27)/t19-/m1/s1. The van der Waals surface area contributed by atoms with Crippen molar-refractivity contribution in [3.8, 4) is 11.5 Å². The van der Waals surface area contributed by atoms with Crippen LogP contribution in [0.4, 0.5) is 10.5 Å². The maximum atomic E-state index is 13.2. The first kappa shape index (κ1) is 21.5. The molecular weight excluding hydrogens is 384 g/mol. The molecule has 2 aromatic carbocycles. The first-order valence-corrected chi connectivity index (χ1v) is 9.84. The number of carbonyl (C=O) groups excluding carboxylic acids is 2. The Morgan fingerprint density at radius 3 is 2.40 bits per heavy atom. The predicted octanol–water partition coefficient (Wildman–Crippen LogP) is 4.02. The number of hydrogen-bond acceptors (Lipinski definition) is 5. The van der Waals surface area contributed by atoms with Crippen LogP contribution in [0.1, 0.15) is 34.7 Å². The maximum Gasteiger partial charge on any atom is 0.322 e. The van der Waals surface area contributed by atoms with Gasteiger partial charge in [-0.3, -0.25) is 4.79 Å². The molecule has 0 saturated heterocycles.